The third-order valence-electron chi connectivity index (χ3n) is 2.35. The van der Waals surface area contributed by atoms with Gasteiger partial charge < -0.3 is 15.0 Å². The van der Waals surface area contributed by atoms with Crippen LogP contribution in [0.25, 0.3) is 0 Å². The standard InChI is InChI=1S/C12H22N4O/c1-16(2)6-4-12-14-9-11(10-15-12)8-13-5-7-17-3/h9-10,13H,4-8H2,1-3H3. The fraction of sp³-hybridized carbons (Fsp3) is 0.667. The van der Waals surface area contributed by atoms with E-state index in [1.807, 2.05) is 26.5 Å². The lowest BCUT2D eigenvalue weighted by Gasteiger charge is -2.08. The van der Waals surface area contributed by atoms with E-state index in [0.29, 0.717) is 0 Å². The first-order chi connectivity index (χ1) is 8.22. The van der Waals surface area contributed by atoms with Gasteiger partial charge in [0.1, 0.15) is 5.82 Å². The molecule has 1 aromatic rings. The first-order valence-corrected chi connectivity index (χ1v) is 5.86. The van der Waals surface area contributed by atoms with Crippen LogP contribution in [0.2, 0.25) is 0 Å². The van der Waals surface area contributed by atoms with Crippen LogP contribution in [-0.2, 0) is 17.7 Å². The Hall–Kier alpha value is -1.04. The molecule has 0 spiro atoms. The van der Waals surface area contributed by atoms with Gasteiger partial charge in [0, 0.05) is 51.1 Å². The molecule has 0 unspecified atom stereocenters. The Labute approximate surface area is 103 Å². The molecule has 0 aliphatic carbocycles. The first kappa shape index (κ1) is 14.0. The Bertz CT molecular complexity index is 300. The van der Waals surface area contributed by atoms with Crippen molar-refractivity contribution in [2.75, 3.05) is 40.9 Å². The SMILES string of the molecule is COCCNCc1cnc(CCN(C)C)nc1. The molecule has 5 nitrogen and oxygen atoms in total. The van der Waals surface area contributed by atoms with Gasteiger partial charge in [0.25, 0.3) is 0 Å². The maximum atomic E-state index is 4.95. The second-order valence-corrected chi connectivity index (χ2v) is 4.23. The number of likely N-dealkylation sites (N-methyl/N-ethyl adjacent to an activating group) is 1. The van der Waals surface area contributed by atoms with Crippen LogP contribution in [0.5, 0.6) is 0 Å². The zero-order chi connectivity index (χ0) is 12.5. The molecule has 0 amide bonds. The number of methoxy groups -OCH3 is 1. The van der Waals surface area contributed by atoms with E-state index in [0.717, 1.165) is 44.0 Å². The van der Waals surface area contributed by atoms with Gasteiger partial charge >= 0.3 is 0 Å². The summed E-state index contributed by atoms with van der Waals surface area (Å²) in [5.74, 6) is 0.902. The summed E-state index contributed by atoms with van der Waals surface area (Å²) in [6, 6.07) is 0. The summed E-state index contributed by atoms with van der Waals surface area (Å²) in [5, 5.41) is 3.26. The zero-order valence-electron chi connectivity index (χ0n) is 10.9. The van der Waals surface area contributed by atoms with Gasteiger partial charge in [-0.2, -0.15) is 0 Å². The summed E-state index contributed by atoms with van der Waals surface area (Å²) in [5.41, 5.74) is 1.11. The fourth-order valence-corrected chi connectivity index (χ4v) is 1.33. The van der Waals surface area contributed by atoms with Crippen molar-refractivity contribution < 1.29 is 4.74 Å². The van der Waals surface area contributed by atoms with Crippen molar-refractivity contribution in [2.24, 2.45) is 0 Å². The van der Waals surface area contributed by atoms with E-state index in [4.69, 9.17) is 4.74 Å². The summed E-state index contributed by atoms with van der Waals surface area (Å²) in [6.45, 7) is 3.34. The van der Waals surface area contributed by atoms with Gasteiger partial charge in [-0.3, -0.25) is 0 Å². The van der Waals surface area contributed by atoms with E-state index in [9.17, 15) is 0 Å². The lowest BCUT2D eigenvalue weighted by Crippen LogP contribution is -2.19. The monoisotopic (exact) mass is 238 g/mol. The fourth-order valence-electron chi connectivity index (χ4n) is 1.33. The summed E-state index contributed by atoms with van der Waals surface area (Å²) in [4.78, 5) is 10.8. The maximum Gasteiger partial charge on any atom is 0.129 e. The quantitative estimate of drug-likeness (QED) is 0.661. The Kier molecular flexibility index (Phi) is 6.69. The second kappa shape index (κ2) is 8.11. The smallest absolute Gasteiger partial charge is 0.129 e. The Morgan fingerprint density at radius 1 is 1.29 bits per heavy atom. The van der Waals surface area contributed by atoms with Crippen LogP contribution in [0, 0.1) is 0 Å². The Morgan fingerprint density at radius 3 is 2.59 bits per heavy atom. The summed E-state index contributed by atoms with van der Waals surface area (Å²) in [6.07, 6.45) is 4.67. The topological polar surface area (TPSA) is 50.3 Å². The molecule has 5 heteroatoms. The molecule has 17 heavy (non-hydrogen) atoms. The number of hydrogen-bond acceptors (Lipinski definition) is 5. The molecule has 0 aromatic carbocycles. The van der Waals surface area contributed by atoms with Crippen LogP contribution in [0.3, 0.4) is 0 Å². The number of ether oxygens (including phenoxy) is 1. The summed E-state index contributed by atoms with van der Waals surface area (Å²) in [7, 11) is 5.80. The van der Waals surface area contributed by atoms with E-state index in [2.05, 4.69) is 20.2 Å². The number of hydrogen-bond donors (Lipinski definition) is 1. The van der Waals surface area contributed by atoms with E-state index in [1.54, 1.807) is 7.11 Å². The van der Waals surface area contributed by atoms with Crippen LogP contribution in [0.1, 0.15) is 11.4 Å². The van der Waals surface area contributed by atoms with Crippen molar-refractivity contribution in [3.8, 4) is 0 Å². The van der Waals surface area contributed by atoms with Gasteiger partial charge in [0.15, 0.2) is 0 Å². The average molecular weight is 238 g/mol. The molecule has 0 saturated carbocycles. The van der Waals surface area contributed by atoms with Crippen LogP contribution in [0.15, 0.2) is 12.4 Å². The Balaban J connectivity index is 2.29. The van der Waals surface area contributed by atoms with Crippen molar-refractivity contribution in [1.82, 2.24) is 20.2 Å². The molecular formula is C12H22N4O. The minimum Gasteiger partial charge on any atom is -0.383 e. The largest absolute Gasteiger partial charge is 0.383 e. The van der Waals surface area contributed by atoms with Gasteiger partial charge in [-0.05, 0) is 14.1 Å². The molecule has 0 saturated heterocycles. The molecule has 0 atom stereocenters. The molecule has 1 aromatic heterocycles. The highest BCUT2D eigenvalue weighted by Crippen LogP contribution is 1.97. The average Bonchev–Trinajstić information content (AvgIpc) is 2.33. The number of aromatic nitrogens is 2. The van der Waals surface area contributed by atoms with Crippen molar-refractivity contribution in [3.63, 3.8) is 0 Å². The summed E-state index contributed by atoms with van der Waals surface area (Å²) < 4.78 is 4.95. The van der Waals surface area contributed by atoms with Crippen molar-refractivity contribution in [2.45, 2.75) is 13.0 Å². The normalized spacial score (nSPS) is 11.1. The molecule has 0 bridgehead atoms. The van der Waals surface area contributed by atoms with E-state index < -0.39 is 0 Å². The number of rotatable bonds is 8. The highest BCUT2D eigenvalue weighted by molar-refractivity contribution is 5.05. The maximum absolute atomic E-state index is 4.95. The first-order valence-electron chi connectivity index (χ1n) is 5.86. The molecule has 0 radical (unpaired) electrons. The number of nitrogens with one attached hydrogen (secondary N) is 1. The molecule has 1 N–H and O–H groups in total. The molecule has 0 aliphatic heterocycles. The van der Waals surface area contributed by atoms with Gasteiger partial charge in [0.2, 0.25) is 0 Å². The predicted molar refractivity (Wildman–Crippen MR) is 67.9 cm³/mol. The molecule has 1 heterocycles. The Morgan fingerprint density at radius 2 is 2.00 bits per heavy atom. The lowest BCUT2D eigenvalue weighted by molar-refractivity contribution is 0.199. The molecule has 1 rings (SSSR count). The molecular weight excluding hydrogens is 216 g/mol. The van der Waals surface area contributed by atoms with Gasteiger partial charge in [0.05, 0.1) is 6.61 Å². The minimum absolute atomic E-state index is 0.724. The van der Waals surface area contributed by atoms with Crippen LogP contribution >= 0.6 is 0 Å². The van der Waals surface area contributed by atoms with Crippen LogP contribution in [0.4, 0.5) is 0 Å². The van der Waals surface area contributed by atoms with E-state index >= 15 is 0 Å². The van der Waals surface area contributed by atoms with Crippen molar-refractivity contribution in [3.05, 3.63) is 23.8 Å². The van der Waals surface area contributed by atoms with Gasteiger partial charge in [-0.25, -0.2) is 9.97 Å². The van der Waals surface area contributed by atoms with Gasteiger partial charge in [-0.15, -0.1) is 0 Å². The highest BCUT2D eigenvalue weighted by Gasteiger charge is 1.99. The van der Waals surface area contributed by atoms with E-state index in [1.165, 1.54) is 0 Å². The zero-order valence-corrected chi connectivity index (χ0v) is 10.9. The molecule has 0 aliphatic rings. The van der Waals surface area contributed by atoms with Crippen LogP contribution in [-0.4, -0.2) is 55.8 Å². The van der Waals surface area contributed by atoms with E-state index in [-0.39, 0.29) is 0 Å². The number of nitrogens with zero attached hydrogens (tertiary/aromatic N) is 3. The molecule has 0 fully saturated rings. The lowest BCUT2D eigenvalue weighted by atomic mass is 10.3. The third-order valence-corrected chi connectivity index (χ3v) is 2.35. The highest BCUT2D eigenvalue weighted by atomic mass is 16.5. The van der Waals surface area contributed by atoms with Crippen molar-refractivity contribution in [1.29, 1.82) is 0 Å². The van der Waals surface area contributed by atoms with Crippen molar-refractivity contribution >= 4 is 0 Å². The second-order valence-electron chi connectivity index (χ2n) is 4.23. The predicted octanol–water partition coefficient (Wildman–Crippen LogP) is 0.317. The molecule has 96 valence electrons. The minimum atomic E-state index is 0.724. The summed E-state index contributed by atoms with van der Waals surface area (Å²) >= 11 is 0. The van der Waals surface area contributed by atoms with Crippen LogP contribution < -0.4 is 5.32 Å². The van der Waals surface area contributed by atoms with Gasteiger partial charge in [-0.1, -0.05) is 0 Å². The third kappa shape index (κ3) is 6.31.